The van der Waals surface area contributed by atoms with Crippen LogP contribution in [0.15, 0.2) is 36.5 Å². The smallest absolute Gasteiger partial charge is 0.220 e. The van der Waals surface area contributed by atoms with Gasteiger partial charge < -0.3 is 10.5 Å². The molecule has 0 atom stereocenters. The van der Waals surface area contributed by atoms with Crippen LogP contribution in [0.2, 0.25) is 0 Å². The van der Waals surface area contributed by atoms with Gasteiger partial charge in [0.15, 0.2) is 0 Å². The Kier molecular flexibility index (Phi) is 3.08. The number of nitrogen functional groups attached to an aromatic ring is 1. The fourth-order valence-corrected chi connectivity index (χ4v) is 3.97. The first-order valence-electron chi connectivity index (χ1n) is 7.13. The number of nitrogens with zero attached hydrogens (tertiary/aromatic N) is 2. The van der Waals surface area contributed by atoms with Gasteiger partial charge in [0.1, 0.15) is 5.75 Å². The first-order valence-corrected chi connectivity index (χ1v) is 7.95. The average Bonchev–Trinajstić information content (AvgIpc) is 2.99. The fourth-order valence-electron chi connectivity index (χ4n) is 2.82. The van der Waals surface area contributed by atoms with Crippen molar-refractivity contribution in [1.29, 1.82) is 0 Å². The Morgan fingerprint density at radius 1 is 1.23 bits per heavy atom. The number of rotatable bonds is 2. The number of thiophene rings is 1. The van der Waals surface area contributed by atoms with Gasteiger partial charge in [-0.05, 0) is 42.2 Å². The summed E-state index contributed by atoms with van der Waals surface area (Å²) >= 11 is 1.82. The van der Waals surface area contributed by atoms with E-state index in [1.807, 2.05) is 29.7 Å². The molecule has 0 saturated heterocycles. The number of ether oxygens (including phenoxy) is 1. The Balaban J connectivity index is 1.83. The van der Waals surface area contributed by atoms with E-state index in [1.54, 1.807) is 7.11 Å². The van der Waals surface area contributed by atoms with Crippen LogP contribution in [0.5, 0.6) is 5.75 Å². The molecule has 0 aliphatic heterocycles. The molecule has 0 radical (unpaired) electrons. The predicted molar refractivity (Wildman–Crippen MR) is 89.2 cm³/mol. The van der Waals surface area contributed by atoms with Crippen LogP contribution in [0.25, 0.3) is 21.7 Å². The van der Waals surface area contributed by atoms with Crippen molar-refractivity contribution in [3.63, 3.8) is 0 Å². The highest BCUT2D eigenvalue weighted by molar-refractivity contribution is 7.16. The molecule has 5 heteroatoms. The van der Waals surface area contributed by atoms with E-state index in [1.165, 1.54) is 26.4 Å². The second-order valence-corrected chi connectivity index (χ2v) is 6.42. The molecule has 2 aromatic heterocycles. The summed E-state index contributed by atoms with van der Waals surface area (Å²) < 4.78 is 5.32. The van der Waals surface area contributed by atoms with Crippen molar-refractivity contribution in [3.8, 4) is 27.4 Å². The maximum atomic E-state index is 5.76. The molecule has 0 unspecified atom stereocenters. The van der Waals surface area contributed by atoms with Gasteiger partial charge in [0, 0.05) is 21.5 Å². The number of methoxy groups -OCH3 is 1. The number of aryl methyl sites for hydroxylation is 2. The third-order valence-corrected chi connectivity index (χ3v) is 5.17. The Morgan fingerprint density at radius 3 is 3.00 bits per heavy atom. The van der Waals surface area contributed by atoms with Gasteiger partial charge in [-0.25, -0.2) is 9.97 Å². The lowest BCUT2D eigenvalue weighted by Crippen LogP contribution is -2.06. The lowest BCUT2D eigenvalue weighted by Gasteiger charge is -2.14. The Bertz CT molecular complexity index is 857. The lowest BCUT2D eigenvalue weighted by atomic mass is 9.96. The van der Waals surface area contributed by atoms with Gasteiger partial charge in [0.05, 0.1) is 12.8 Å². The minimum absolute atomic E-state index is 0.334. The van der Waals surface area contributed by atoms with E-state index in [0.717, 1.165) is 24.3 Å². The van der Waals surface area contributed by atoms with Crippen molar-refractivity contribution in [2.45, 2.75) is 12.8 Å². The Morgan fingerprint density at radius 2 is 2.14 bits per heavy atom. The summed E-state index contributed by atoms with van der Waals surface area (Å²) in [7, 11) is 1.69. The molecule has 4 rings (SSSR count). The van der Waals surface area contributed by atoms with Crippen LogP contribution in [-0.2, 0) is 12.8 Å². The van der Waals surface area contributed by atoms with Gasteiger partial charge in [0.25, 0.3) is 0 Å². The van der Waals surface area contributed by atoms with E-state index < -0.39 is 0 Å². The first-order chi connectivity index (χ1) is 10.7. The van der Waals surface area contributed by atoms with Crippen LogP contribution in [0.1, 0.15) is 10.4 Å². The Labute approximate surface area is 132 Å². The van der Waals surface area contributed by atoms with E-state index in [-0.39, 0.29) is 0 Å². The van der Waals surface area contributed by atoms with Gasteiger partial charge in [-0.15, -0.1) is 11.3 Å². The largest absolute Gasteiger partial charge is 0.497 e. The molecule has 110 valence electrons. The van der Waals surface area contributed by atoms with Crippen molar-refractivity contribution in [2.24, 2.45) is 0 Å². The van der Waals surface area contributed by atoms with Crippen LogP contribution in [0.3, 0.4) is 0 Å². The van der Waals surface area contributed by atoms with Crippen molar-refractivity contribution >= 4 is 17.3 Å². The molecule has 1 aliphatic carbocycles. The lowest BCUT2D eigenvalue weighted by molar-refractivity contribution is 0.415. The summed E-state index contributed by atoms with van der Waals surface area (Å²) in [6.07, 6.45) is 3.86. The number of hydrogen-bond donors (Lipinski definition) is 1. The van der Waals surface area contributed by atoms with Crippen LogP contribution < -0.4 is 10.5 Å². The second-order valence-electron chi connectivity index (χ2n) is 5.28. The van der Waals surface area contributed by atoms with Gasteiger partial charge in [-0.3, -0.25) is 0 Å². The van der Waals surface area contributed by atoms with Crippen LogP contribution in [-0.4, -0.2) is 17.1 Å². The van der Waals surface area contributed by atoms with Gasteiger partial charge in [-0.1, -0.05) is 12.1 Å². The number of aromatic nitrogens is 2. The maximum absolute atomic E-state index is 5.76. The monoisotopic (exact) mass is 309 g/mol. The molecule has 3 aromatic rings. The van der Waals surface area contributed by atoms with Crippen LogP contribution in [0.4, 0.5) is 5.95 Å². The minimum atomic E-state index is 0.334. The zero-order chi connectivity index (χ0) is 15.1. The molecule has 1 aromatic carbocycles. The van der Waals surface area contributed by atoms with Crippen molar-refractivity contribution in [1.82, 2.24) is 9.97 Å². The van der Waals surface area contributed by atoms with Crippen molar-refractivity contribution in [3.05, 3.63) is 47.0 Å². The number of benzene rings is 1. The SMILES string of the molecule is COc1cccc(-c2cc3c(s2)CCc2cnc(N)nc2-3)c1. The molecule has 2 N–H and O–H groups in total. The molecular formula is C17H15N3OS. The second kappa shape index (κ2) is 5.10. The summed E-state index contributed by atoms with van der Waals surface area (Å²) in [5.74, 6) is 1.21. The minimum Gasteiger partial charge on any atom is -0.497 e. The summed E-state index contributed by atoms with van der Waals surface area (Å²) in [4.78, 5) is 11.1. The summed E-state index contributed by atoms with van der Waals surface area (Å²) in [5, 5.41) is 0. The fraction of sp³-hybridized carbons (Fsp3) is 0.176. The van der Waals surface area contributed by atoms with Crippen LogP contribution >= 0.6 is 11.3 Å². The van der Waals surface area contributed by atoms with E-state index in [0.29, 0.717) is 5.95 Å². The molecule has 0 spiro atoms. The summed E-state index contributed by atoms with van der Waals surface area (Å²) in [6, 6.07) is 10.3. The summed E-state index contributed by atoms with van der Waals surface area (Å²) in [6.45, 7) is 0. The third-order valence-electron chi connectivity index (χ3n) is 3.92. The van der Waals surface area contributed by atoms with Gasteiger partial charge >= 0.3 is 0 Å². The molecule has 2 heterocycles. The molecule has 0 bridgehead atoms. The molecule has 0 saturated carbocycles. The molecule has 1 aliphatic rings. The van der Waals surface area contributed by atoms with E-state index in [4.69, 9.17) is 10.5 Å². The number of hydrogen-bond acceptors (Lipinski definition) is 5. The number of nitrogens with two attached hydrogens (primary N) is 1. The summed E-state index contributed by atoms with van der Waals surface area (Å²) in [5.41, 5.74) is 10.3. The first kappa shape index (κ1) is 13.3. The predicted octanol–water partition coefficient (Wildman–Crippen LogP) is 3.56. The van der Waals surface area contributed by atoms with Crippen molar-refractivity contribution < 1.29 is 4.74 Å². The zero-order valence-electron chi connectivity index (χ0n) is 12.2. The highest BCUT2D eigenvalue weighted by atomic mass is 32.1. The van der Waals surface area contributed by atoms with Gasteiger partial charge in [0.2, 0.25) is 5.95 Å². The topological polar surface area (TPSA) is 61.0 Å². The number of anilines is 1. The average molecular weight is 309 g/mol. The maximum Gasteiger partial charge on any atom is 0.220 e. The zero-order valence-corrected chi connectivity index (χ0v) is 13.0. The normalized spacial score (nSPS) is 12.6. The highest BCUT2D eigenvalue weighted by Crippen LogP contribution is 2.41. The molecular weight excluding hydrogens is 294 g/mol. The molecule has 0 fully saturated rings. The number of fused-ring (bicyclic) bond motifs is 3. The van der Waals surface area contributed by atoms with Crippen molar-refractivity contribution in [2.75, 3.05) is 12.8 Å². The Hall–Kier alpha value is -2.40. The quantitative estimate of drug-likeness (QED) is 0.786. The van der Waals surface area contributed by atoms with E-state index >= 15 is 0 Å². The third kappa shape index (κ3) is 2.14. The van der Waals surface area contributed by atoms with E-state index in [2.05, 4.69) is 28.2 Å². The molecule has 0 amide bonds. The van der Waals surface area contributed by atoms with Gasteiger partial charge in [-0.2, -0.15) is 0 Å². The molecule has 22 heavy (non-hydrogen) atoms. The highest BCUT2D eigenvalue weighted by Gasteiger charge is 2.21. The molecule has 4 nitrogen and oxygen atoms in total. The standard InChI is InChI=1S/C17H15N3OS/c1-21-12-4-2-3-10(7-12)15-8-13-14(22-15)6-5-11-9-19-17(18)20-16(11)13/h2-4,7-9H,5-6H2,1H3,(H2,18,19,20). The van der Waals surface area contributed by atoms with E-state index in [9.17, 15) is 0 Å². The van der Waals surface area contributed by atoms with Crippen LogP contribution in [0, 0.1) is 0 Å².